The molecule has 1 amide bonds. The molecule has 6 nitrogen and oxygen atoms in total. The van der Waals surface area contributed by atoms with Gasteiger partial charge in [-0.3, -0.25) is 9.10 Å². The molecule has 0 fully saturated rings. The Balaban J connectivity index is 1.66. The lowest BCUT2D eigenvalue weighted by Crippen LogP contribution is -2.48. The van der Waals surface area contributed by atoms with Crippen LogP contribution in [0.3, 0.4) is 0 Å². The first kappa shape index (κ1) is 22.0. The first-order valence-electron chi connectivity index (χ1n) is 9.05. The molecule has 0 aromatic heterocycles. The zero-order valence-electron chi connectivity index (χ0n) is 15.8. The van der Waals surface area contributed by atoms with E-state index in [9.17, 15) is 13.2 Å². The van der Waals surface area contributed by atoms with E-state index in [4.69, 9.17) is 27.9 Å². The largest absolute Gasteiger partial charge is 0.476 e. The maximum Gasteiger partial charge on any atom is 0.267 e. The summed E-state index contributed by atoms with van der Waals surface area (Å²) in [7, 11) is -3.96. The van der Waals surface area contributed by atoms with E-state index in [1.807, 2.05) is 0 Å². The number of ether oxygens (including phenoxy) is 1. The number of rotatable bonds is 4. The number of carbonyl (C=O) groups excluding carboxylic acids is 1. The standard InChI is InChI=1S/C21H15BrCl2N2O4S/c22-16-10-7-14(11-17(16)24)25-21(27)20-12-26(18-3-1-2-4-19(18)30-20)31(28,29)15-8-5-13(23)6-9-15/h1-11,20H,12H2,(H,25,27)/t20-/m0/s1. The summed E-state index contributed by atoms with van der Waals surface area (Å²) in [5, 5.41) is 3.57. The van der Waals surface area contributed by atoms with Gasteiger partial charge in [-0.25, -0.2) is 8.42 Å². The SMILES string of the molecule is O=C(Nc1ccc(Br)c(Cl)c1)[C@@H]1CN(S(=O)(=O)c2ccc(Cl)cc2)c2ccccc2O1. The van der Waals surface area contributed by atoms with Gasteiger partial charge in [0.15, 0.2) is 6.10 Å². The number of amides is 1. The smallest absolute Gasteiger partial charge is 0.267 e. The minimum absolute atomic E-state index is 0.0625. The first-order chi connectivity index (χ1) is 14.8. The predicted molar refractivity (Wildman–Crippen MR) is 125 cm³/mol. The van der Waals surface area contributed by atoms with Crippen LogP contribution in [0, 0.1) is 0 Å². The van der Waals surface area contributed by atoms with Gasteiger partial charge in [0.1, 0.15) is 5.75 Å². The van der Waals surface area contributed by atoms with Crippen molar-refractivity contribution in [3.05, 3.63) is 81.2 Å². The van der Waals surface area contributed by atoms with Crippen molar-refractivity contribution < 1.29 is 17.9 Å². The number of nitrogens with one attached hydrogen (secondary N) is 1. The van der Waals surface area contributed by atoms with Crippen LogP contribution in [0.2, 0.25) is 10.0 Å². The first-order valence-corrected chi connectivity index (χ1v) is 12.0. The zero-order chi connectivity index (χ0) is 22.2. The van der Waals surface area contributed by atoms with Gasteiger partial charge >= 0.3 is 0 Å². The van der Waals surface area contributed by atoms with Crippen molar-refractivity contribution in [2.75, 3.05) is 16.2 Å². The zero-order valence-corrected chi connectivity index (χ0v) is 19.7. The lowest BCUT2D eigenvalue weighted by molar-refractivity contribution is -0.122. The Morgan fingerprint density at radius 2 is 1.77 bits per heavy atom. The fourth-order valence-corrected chi connectivity index (χ4v) is 5.13. The average molecular weight is 542 g/mol. The molecule has 10 heteroatoms. The van der Waals surface area contributed by atoms with Gasteiger partial charge in [0.25, 0.3) is 15.9 Å². The van der Waals surface area contributed by atoms with Crippen molar-refractivity contribution in [3.8, 4) is 5.75 Å². The molecule has 0 spiro atoms. The molecule has 31 heavy (non-hydrogen) atoms. The quantitative estimate of drug-likeness (QED) is 0.483. The van der Waals surface area contributed by atoms with Crippen molar-refractivity contribution in [1.29, 1.82) is 0 Å². The van der Waals surface area contributed by atoms with E-state index in [1.165, 1.54) is 28.6 Å². The Morgan fingerprint density at radius 3 is 2.48 bits per heavy atom. The lowest BCUT2D eigenvalue weighted by atomic mass is 10.2. The molecule has 1 N–H and O–H groups in total. The summed E-state index contributed by atoms with van der Waals surface area (Å²) in [6.07, 6.45) is -1.07. The number of anilines is 2. The average Bonchev–Trinajstić information content (AvgIpc) is 2.75. The second kappa shape index (κ2) is 8.70. The predicted octanol–water partition coefficient (Wildman–Crippen LogP) is 5.35. The van der Waals surface area contributed by atoms with Crippen LogP contribution in [0.5, 0.6) is 5.75 Å². The van der Waals surface area contributed by atoms with Crippen LogP contribution in [0.4, 0.5) is 11.4 Å². The fraction of sp³-hybridized carbons (Fsp3) is 0.0952. The Hall–Kier alpha value is -2.26. The summed E-state index contributed by atoms with van der Waals surface area (Å²) in [6, 6.07) is 17.5. The van der Waals surface area contributed by atoms with Gasteiger partial charge in [-0.05, 0) is 70.5 Å². The van der Waals surface area contributed by atoms with Gasteiger partial charge in [-0.2, -0.15) is 0 Å². The van der Waals surface area contributed by atoms with Crippen LogP contribution < -0.4 is 14.4 Å². The highest BCUT2D eigenvalue weighted by Gasteiger charge is 2.37. The number of hydrogen-bond donors (Lipinski definition) is 1. The van der Waals surface area contributed by atoms with Crippen LogP contribution in [-0.4, -0.2) is 27.0 Å². The van der Waals surface area contributed by atoms with Gasteiger partial charge in [-0.15, -0.1) is 0 Å². The van der Waals surface area contributed by atoms with Crippen molar-refractivity contribution in [2.45, 2.75) is 11.0 Å². The number of halogens is 3. The number of sulfonamides is 1. The number of carbonyl (C=O) groups is 1. The summed E-state index contributed by atoms with van der Waals surface area (Å²) in [5.74, 6) is -0.204. The second-order valence-corrected chi connectivity index (χ2v) is 10.2. The number of para-hydroxylation sites is 2. The highest BCUT2D eigenvalue weighted by Crippen LogP contribution is 2.37. The third-order valence-electron chi connectivity index (χ3n) is 4.62. The van der Waals surface area contributed by atoms with Gasteiger partial charge in [0, 0.05) is 15.2 Å². The van der Waals surface area contributed by atoms with E-state index < -0.39 is 22.0 Å². The number of benzene rings is 3. The van der Waals surface area contributed by atoms with E-state index in [0.29, 0.717) is 31.6 Å². The maximum atomic E-state index is 13.3. The summed E-state index contributed by atoms with van der Waals surface area (Å²) < 4.78 is 34.4. The van der Waals surface area contributed by atoms with Crippen molar-refractivity contribution in [2.24, 2.45) is 0 Å². The van der Waals surface area contributed by atoms with Crippen LogP contribution in [0.15, 0.2) is 76.1 Å². The number of fused-ring (bicyclic) bond motifs is 1. The molecule has 1 atom stereocenters. The topological polar surface area (TPSA) is 75.7 Å². The Labute approximate surface area is 197 Å². The van der Waals surface area contributed by atoms with Crippen LogP contribution in [-0.2, 0) is 14.8 Å². The molecular formula is C21H15BrCl2N2O4S. The minimum Gasteiger partial charge on any atom is -0.476 e. The molecule has 4 rings (SSSR count). The minimum atomic E-state index is -3.96. The van der Waals surface area contributed by atoms with Crippen molar-refractivity contribution in [3.63, 3.8) is 0 Å². The second-order valence-electron chi connectivity index (χ2n) is 6.68. The molecule has 3 aromatic rings. The van der Waals surface area contributed by atoms with Gasteiger partial charge < -0.3 is 10.1 Å². The molecule has 0 unspecified atom stereocenters. The van der Waals surface area contributed by atoms with E-state index in [-0.39, 0.29) is 11.4 Å². The Bertz CT molecular complexity index is 1250. The monoisotopic (exact) mass is 540 g/mol. The molecule has 0 bridgehead atoms. The van der Waals surface area contributed by atoms with Crippen molar-refractivity contribution >= 4 is 66.4 Å². The van der Waals surface area contributed by atoms with E-state index in [0.717, 1.165) is 0 Å². The van der Waals surface area contributed by atoms with E-state index in [2.05, 4.69) is 21.2 Å². The Kier molecular flexibility index (Phi) is 6.16. The molecule has 1 aliphatic rings. The molecule has 0 radical (unpaired) electrons. The fourth-order valence-electron chi connectivity index (χ4n) is 3.10. The normalized spacial score (nSPS) is 15.7. The summed E-state index contributed by atoms with van der Waals surface area (Å²) >= 11 is 15.3. The summed E-state index contributed by atoms with van der Waals surface area (Å²) in [6.45, 7) is -0.196. The van der Waals surface area contributed by atoms with E-state index >= 15 is 0 Å². The third-order valence-corrected chi connectivity index (χ3v) is 7.89. The molecule has 160 valence electrons. The highest BCUT2D eigenvalue weighted by molar-refractivity contribution is 9.10. The van der Waals surface area contributed by atoms with Crippen LogP contribution in [0.25, 0.3) is 0 Å². The van der Waals surface area contributed by atoms with Gasteiger partial charge in [0.2, 0.25) is 0 Å². The Morgan fingerprint density at radius 1 is 1.06 bits per heavy atom. The lowest BCUT2D eigenvalue weighted by Gasteiger charge is -2.34. The van der Waals surface area contributed by atoms with Crippen LogP contribution in [0.1, 0.15) is 0 Å². The van der Waals surface area contributed by atoms with E-state index in [1.54, 1.807) is 42.5 Å². The third kappa shape index (κ3) is 4.52. The molecule has 0 aliphatic carbocycles. The summed E-state index contributed by atoms with van der Waals surface area (Å²) in [4.78, 5) is 13.0. The number of hydrogen-bond acceptors (Lipinski definition) is 4. The summed E-state index contributed by atoms with van der Waals surface area (Å²) in [5.41, 5.74) is 0.820. The molecular weight excluding hydrogens is 527 g/mol. The van der Waals surface area contributed by atoms with Gasteiger partial charge in [-0.1, -0.05) is 35.3 Å². The molecule has 3 aromatic carbocycles. The molecule has 0 saturated carbocycles. The number of nitrogens with zero attached hydrogens (tertiary/aromatic N) is 1. The maximum absolute atomic E-state index is 13.3. The molecule has 1 aliphatic heterocycles. The van der Waals surface area contributed by atoms with Crippen LogP contribution >= 0.6 is 39.1 Å². The molecule has 1 heterocycles. The van der Waals surface area contributed by atoms with Gasteiger partial charge in [0.05, 0.1) is 22.2 Å². The highest BCUT2D eigenvalue weighted by atomic mass is 79.9. The molecule has 0 saturated heterocycles. The van der Waals surface area contributed by atoms with Crippen molar-refractivity contribution in [1.82, 2.24) is 0 Å².